The number of hydrogen-bond donors (Lipinski definition) is 1. The molecule has 34 heavy (non-hydrogen) atoms. The van der Waals surface area contributed by atoms with Crippen LogP contribution in [0.25, 0.3) is 16.8 Å². The van der Waals surface area contributed by atoms with Crippen molar-refractivity contribution in [3.63, 3.8) is 0 Å². The molecule has 1 N–H and O–H groups in total. The summed E-state index contributed by atoms with van der Waals surface area (Å²) in [7, 11) is 0. The smallest absolute Gasteiger partial charge is 0.208 e. The molecular formula is C24H22FN7O2. The van der Waals surface area contributed by atoms with Crippen LogP contribution < -0.4 is 10.1 Å². The maximum absolute atomic E-state index is 14.6. The van der Waals surface area contributed by atoms with Crippen molar-refractivity contribution in [2.24, 2.45) is 0 Å². The van der Waals surface area contributed by atoms with Crippen LogP contribution in [0.3, 0.4) is 0 Å². The van der Waals surface area contributed by atoms with Gasteiger partial charge in [0, 0.05) is 54.2 Å². The first-order valence-electron chi connectivity index (χ1n) is 11.3. The number of ether oxygens (including phenoxy) is 2. The van der Waals surface area contributed by atoms with Gasteiger partial charge >= 0.3 is 0 Å². The average molecular weight is 459 g/mol. The average Bonchev–Trinajstić information content (AvgIpc) is 3.63. The Labute approximate surface area is 194 Å². The standard InChI is InChI=1S/C24H22FN7O2/c25-20-4-5-21-17(6-8-33-21)19(20)12-28-24-27-11-18(23-30-16(9-26)14-31(23)24)15-10-29-32(13-15)22-3-1-2-7-34-22/h4-5,10-11,13-14,22H,1-3,6-8,12H2,(H,27,28). The first-order valence-corrected chi connectivity index (χ1v) is 11.3. The van der Waals surface area contributed by atoms with Crippen LogP contribution in [0.2, 0.25) is 0 Å². The van der Waals surface area contributed by atoms with E-state index in [0.717, 1.165) is 48.3 Å². The van der Waals surface area contributed by atoms with Crippen LogP contribution in [-0.4, -0.2) is 37.4 Å². The fourth-order valence-corrected chi connectivity index (χ4v) is 4.61. The van der Waals surface area contributed by atoms with Gasteiger partial charge in [0.05, 0.1) is 19.0 Å². The molecule has 1 unspecified atom stereocenters. The molecule has 1 atom stereocenters. The zero-order chi connectivity index (χ0) is 23.1. The number of nitriles is 1. The summed E-state index contributed by atoms with van der Waals surface area (Å²) in [5.74, 6) is 0.900. The molecule has 2 aliphatic rings. The Morgan fingerprint density at radius 3 is 3.00 bits per heavy atom. The van der Waals surface area contributed by atoms with E-state index in [1.54, 1.807) is 29.1 Å². The fourth-order valence-electron chi connectivity index (χ4n) is 4.61. The van der Waals surface area contributed by atoms with Gasteiger partial charge in [-0.25, -0.2) is 19.0 Å². The lowest BCUT2D eigenvalue weighted by molar-refractivity contribution is -0.0394. The van der Waals surface area contributed by atoms with Crippen molar-refractivity contribution in [3.8, 4) is 22.9 Å². The van der Waals surface area contributed by atoms with Crippen molar-refractivity contribution in [3.05, 3.63) is 59.6 Å². The molecule has 0 amide bonds. The van der Waals surface area contributed by atoms with Gasteiger partial charge in [-0.2, -0.15) is 10.4 Å². The molecule has 1 saturated heterocycles. The molecule has 10 heteroatoms. The van der Waals surface area contributed by atoms with E-state index < -0.39 is 0 Å². The van der Waals surface area contributed by atoms with Crippen LogP contribution in [0, 0.1) is 17.1 Å². The minimum atomic E-state index is -0.287. The fraction of sp³-hybridized carbons (Fsp3) is 0.333. The van der Waals surface area contributed by atoms with E-state index in [0.29, 0.717) is 30.2 Å². The Kier molecular flexibility index (Phi) is 5.11. The number of halogens is 1. The molecule has 1 aromatic carbocycles. The Bertz CT molecular complexity index is 1410. The Morgan fingerprint density at radius 1 is 1.21 bits per heavy atom. The summed E-state index contributed by atoms with van der Waals surface area (Å²) in [5, 5.41) is 17.1. The Morgan fingerprint density at radius 2 is 2.15 bits per heavy atom. The van der Waals surface area contributed by atoms with Crippen LogP contribution in [0.4, 0.5) is 10.3 Å². The molecule has 6 rings (SSSR count). The molecule has 0 radical (unpaired) electrons. The summed E-state index contributed by atoms with van der Waals surface area (Å²) in [4.78, 5) is 9.05. The van der Waals surface area contributed by atoms with Crippen molar-refractivity contribution in [2.45, 2.75) is 38.5 Å². The van der Waals surface area contributed by atoms with Gasteiger partial charge in [-0.05, 0) is 31.4 Å². The third-order valence-electron chi connectivity index (χ3n) is 6.33. The van der Waals surface area contributed by atoms with Crippen LogP contribution in [0.15, 0.2) is 36.9 Å². The quantitative estimate of drug-likeness (QED) is 0.484. The van der Waals surface area contributed by atoms with Gasteiger partial charge in [-0.1, -0.05) is 0 Å². The molecule has 3 aromatic heterocycles. The van der Waals surface area contributed by atoms with Gasteiger partial charge in [0.25, 0.3) is 0 Å². The molecule has 0 saturated carbocycles. The second kappa shape index (κ2) is 8.43. The van der Waals surface area contributed by atoms with E-state index in [9.17, 15) is 9.65 Å². The van der Waals surface area contributed by atoms with Gasteiger partial charge in [0.1, 0.15) is 23.9 Å². The van der Waals surface area contributed by atoms with E-state index in [1.165, 1.54) is 6.07 Å². The molecular weight excluding hydrogens is 437 g/mol. The minimum Gasteiger partial charge on any atom is -0.493 e. The number of hydrogen-bond acceptors (Lipinski definition) is 7. The van der Waals surface area contributed by atoms with Crippen molar-refractivity contribution < 1.29 is 13.9 Å². The largest absolute Gasteiger partial charge is 0.493 e. The number of aromatic nitrogens is 5. The number of fused-ring (bicyclic) bond motifs is 2. The number of benzene rings is 1. The van der Waals surface area contributed by atoms with Gasteiger partial charge in [0.15, 0.2) is 11.3 Å². The maximum Gasteiger partial charge on any atom is 0.208 e. The van der Waals surface area contributed by atoms with Crippen LogP contribution >= 0.6 is 0 Å². The van der Waals surface area contributed by atoms with Gasteiger partial charge in [0.2, 0.25) is 5.95 Å². The summed E-state index contributed by atoms with van der Waals surface area (Å²) in [6.07, 6.45) is 10.7. The molecule has 5 heterocycles. The topological polar surface area (TPSA) is 102 Å². The lowest BCUT2D eigenvalue weighted by Gasteiger charge is -2.22. The molecule has 2 aliphatic heterocycles. The molecule has 4 aromatic rings. The molecule has 0 spiro atoms. The predicted molar refractivity (Wildman–Crippen MR) is 121 cm³/mol. The number of rotatable bonds is 5. The number of imidazole rings is 1. The van der Waals surface area contributed by atoms with Crippen LogP contribution in [0.1, 0.15) is 42.3 Å². The number of nitrogens with one attached hydrogen (secondary N) is 1. The Balaban J connectivity index is 1.33. The van der Waals surface area contributed by atoms with E-state index in [-0.39, 0.29) is 24.3 Å². The van der Waals surface area contributed by atoms with E-state index >= 15 is 0 Å². The first-order chi connectivity index (χ1) is 16.7. The molecule has 0 aliphatic carbocycles. The van der Waals surface area contributed by atoms with Crippen LogP contribution in [0.5, 0.6) is 5.75 Å². The Hall–Kier alpha value is -3.97. The predicted octanol–water partition coefficient (Wildman–Crippen LogP) is 3.85. The van der Waals surface area contributed by atoms with Crippen molar-refractivity contribution in [2.75, 3.05) is 18.5 Å². The number of anilines is 1. The molecule has 172 valence electrons. The highest BCUT2D eigenvalue weighted by molar-refractivity contribution is 5.77. The van der Waals surface area contributed by atoms with Crippen LogP contribution in [-0.2, 0) is 17.7 Å². The summed E-state index contributed by atoms with van der Waals surface area (Å²) in [6.45, 7) is 1.52. The van der Waals surface area contributed by atoms with E-state index in [2.05, 4.69) is 26.5 Å². The lowest BCUT2D eigenvalue weighted by Crippen LogP contribution is -2.18. The molecule has 9 nitrogen and oxygen atoms in total. The summed E-state index contributed by atoms with van der Waals surface area (Å²) in [6, 6.07) is 5.18. The third-order valence-corrected chi connectivity index (χ3v) is 6.33. The second-order valence-electron chi connectivity index (χ2n) is 8.41. The monoisotopic (exact) mass is 459 g/mol. The molecule has 0 bridgehead atoms. The van der Waals surface area contributed by atoms with Gasteiger partial charge in [-0.3, -0.25) is 4.40 Å². The SMILES string of the molecule is N#Cc1cn2c(NCc3c(F)ccc4c3CCO4)ncc(-c3cnn(C4CCCCO4)c3)c2n1. The molecule has 1 fully saturated rings. The van der Waals surface area contributed by atoms with Crippen molar-refractivity contribution in [1.29, 1.82) is 5.26 Å². The van der Waals surface area contributed by atoms with E-state index in [4.69, 9.17) is 9.47 Å². The highest BCUT2D eigenvalue weighted by Crippen LogP contribution is 2.32. The summed E-state index contributed by atoms with van der Waals surface area (Å²) in [5.41, 5.74) is 3.84. The second-order valence-corrected chi connectivity index (χ2v) is 8.41. The lowest BCUT2D eigenvalue weighted by atomic mass is 10.0. The van der Waals surface area contributed by atoms with Crippen molar-refractivity contribution in [1.82, 2.24) is 24.1 Å². The minimum absolute atomic E-state index is 0.0756. The summed E-state index contributed by atoms with van der Waals surface area (Å²) < 4.78 is 29.5. The first kappa shape index (κ1) is 20.6. The van der Waals surface area contributed by atoms with Gasteiger partial charge in [-0.15, -0.1) is 0 Å². The van der Waals surface area contributed by atoms with E-state index in [1.807, 2.05) is 10.9 Å². The number of nitrogens with zero attached hydrogens (tertiary/aromatic N) is 6. The zero-order valence-electron chi connectivity index (χ0n) is 18.4. The third kappa shape index (κ3) is 3.54. The summed E-state index contributed by atoms with van der Waals surface area (Å²) >= 11 is 0. The maximum atomic E-state index is 14.6. The highest BCUT2D eigenvalue weighted by Gasteiger charge is 2.21. The normalized spacial score (nSPS) is 17.4. The van der Waals surface area contributed by atoms with Crippen molar-refractivity contribution >= 4 is 11.6 Å². The highest BCUT2D eigenvalue weighted by atomic mass is 19.1. The zero-order valence-corrected chi connectivity index (χ0v) is 18.4. The van der Waals surface area contributed by atoms with Gasteiger partial charge < -0.3 is 14.8 Å².